The van der Waals surface area contributed by atoms with E-state index in [1.54, 1.807) is 18.9 Å². The number of likely N-dealkylation sites (N-methyl/N-ethyl adjacent to an activating group) is 1. The van der Waals surface area contributed by atoms with Crippen LogP contribution in [0.1, 0.15) is 19.7 Å². The molecule has 8 nitrogen and oxygen atoms in total. The molecule has 0 saturated heterocycles. The smallest absolute Gasteiger partial charge is 0.237 e. The van der Waals surface area contributed by atoms with Crippen LogP contribution in [-0.4, -0.2) is 66.2 Å². The van der Waals surface area contributed by atoms with E-state index < -0.39 is 0 Å². The maximum atomic E-state index is 12.8. The molecule has 24 heavy (non-hydrogen) atoms. The number of rotatable bonds is 5. The van der Waals surface area contributed by atoms with Gasteiger partial charge in [-0.25, -0.2) is 9.97 Å². The van der Waals surface area contributed by atoms with Crippen molar-refractivity contribution in [2.45, 2.75) is 39.5 Å². The molecule has 130 valence electrons. The van der Waals surface area contributed by atoms with Gasteiger partial charge in [-0.15, -0.1) is 0 Å². The Morgan fingerprint density at radius 3 is 2.96 bits per heavy atom. The lowest BCUT2D eigenvalue weighted by Crippen LogP contribution is -2.42. The van der Waals surface area contributed by atoms with Crippen LogP contribution in [0.2, 0.25) is 0 Å². The van der Waals surface area contributed by atoms with Gasteiger partial charge in [0.05, 0.1) is 13.1 Å². The molecule has 0 aliphatic carbocycles. The van der Waals surface area contributed by atoms with E-state index in [2.05, 4.69) is 38.4 Å². The number of hydrogen-bond acceptors (Lipinski definition) is 5. The second-order valence-electron chi connectivity index (χ2n) is 6.76. The Kier molecular flexibility index (Phi) is 4.94. The van der Waals surface area contributed by atoms with E-state index in [0.717, 1.165) is 18.9 Å². The van der Waals surface area contributed by atoms with E-state index in [9.17, 15) is 4.79 Å². The van der Waals surface area contributed by atoms with Crippen molar-refractivity contribution in [1.82, 2.24) is 34.1 Å². The summed E-state index contributed by atoms with van der Waals surface area (Å²) in [5, 5.41) is 4.20. The molecule has 1 aliphatic rings. The normalized spacial score (nSPS) is 18.0. The summed E-state index contributed by atoms with van der Waals surface area (Å²) in [6, 6.07) is 0.342. The molecule has 0 radical (unpaired) electrons. The Labute approximate surface area is 142 Å². The minimum absolute atomic E-state index is 0.145. The molecule has 3 heterocycles. The highest BCUT2D eigenvalue weighted by molar-refractivity contribution is 5.78. The van der Waals surface area contributed by atoms with Gasteiger partial charge >= 0.3 is 0 Å². The fourth-order valence-electron chi connectivity index (χ4n) is 2.93. The molecule has 2 aromatic heterocycles. The summed E-state index contributed by atoms with van der Waals surface area (Å²) < 4.78 is 3.97. The first-order chi connectivity index (χ1) is 11.5. The van der Waals surface area contributed by atoms with E-state index in [0.29, 0.717) is 25.7 Å². The lowest BCUT2D eigenvalue weighted by Gasteiger charge is -2.27. The predicted molar refractivity (Wildman–Crippen MR) is 88.9 cm³/mol. The SMILES string of the molecule is CC(C)N(C)CC(=O)N1Cc2nccn2CC(Cn2cncn2)C1. The fraction of sp³-hybridized carbons (Fsp3) is 0.625. The molecule has 8 heteroatoms. The molecule has 1 amide bonds. The summed E-state index contributed by atoms with van der Waals surface area (Å²) in [7, 11) is 1.98. The lowest BCUT2D eigenvalue weighted by atomic mass is 10.1. The molecule has 0 N–H and O–H groups in total. The first-order valence-electron chi connectivity index (χ1n) is 8.33. The van der Waals surface area contributed by atoms with Crippen molar-refractivity contribution in [3.05, 3.63) is 30.9 Å². The lowest BCUT2D eigenvalue weighted by molar-refractivity contribution is -0.133. The van der Waals surface area contributed by atoms with Gasteiger partial charge in [0.2, 0.25) is 5.91 Å². The van der Waals surface area contributed by atoms with E-state index >= 15 is 0 Å². The molecule has 3 rings (SSSR count). The zero-order valence-electron chi connectivity index (χ0n) is 14.5. The molecule has 0 spiro atoms. The third kappa shape index (κ3) is 3.81. The van der Waals surface area contributed by atoms with Crippen molar-refractivity contribution in [2.75, 3.05) is 20.1 Å². The maximum absolute atomic E-state index is 12.8. The Balaban J connectivity index is 1.74. The number of aromatic nitrogens is 5. The van der Waals surface area contributed by atoms with Crippen LogP contribution in [0.4, 0.5) is 0 Å². The standard InChI is InChI=1S/C16H25N7O/c1-13(2)20(3)10-16(24)22-7-14(8-23-12-17-11-19-23)6-21-5-4-18-15(21)9-22/h4-5,11-14H,6-10H2,1-3H3. The number of amides is 1. The van der Waals surface area contributed by atoms with Crippen molar-refractivity contribution in [2.24, 2.45) is 5.92 Å². The first kappa shape index (κ1) is 16.6. The topological polar surface area (TPSA) is 72.1 Å². The van der Waals surface area contributed by atoms with Crippen LogP contribution < -0.4 is 0 Å². The number of carbonyl (C=O) groups excluding carboxylic acids is 1. The summed E-state index contributed by atoms with van der Waals surface area (Å²) in [6.07, 6.45) is 7.05. The third-order valence-corrected chi connectivity index (χ3v) is 4.60. The Bertz CT molecular complexity index is 664. The molecule has 1 atom stereocenters. The van der Waals surface area contributed by atoms with Crippen LogP contribution >= 0.6 is 0 Å². The monoisotopic (exact) mass is 331 g/mol. The summed E-state index contributed by atoms with van der Waals surface area (Å²) in [5.41, 5.74) is 0. The summed E-state index contributed by atoms with van der Waals surface area (Å²) in [6.45, 7) is 7.44. The number of imidazole rings is 1. The van der Waals surface area contributed by atoms with Gasteiger partial charge in [0.15, 0.2) is 0 Å². The molecule has 1 aliphatic heterocycles. The van der Waals surface area contributed by atoms with Gasteiger partial charge in [0, 0.05) is 44.0 Å². The zero-order valence-corrected chi connectivity index (χ0v) is 14.5. The van der Waals surface area contributed by atoms with Crippen LogP contribution in [0.25, 0.3) is 0 Å². The van der Waals surface area contributed by atoms with Gasteiger partial charge in [-0.2, -0.15) is 5.10 Å². The van der Waals surface area contributed by atoms with Gasteiger partial charge in [0.25, 0.3) is 0 Å². The number of carbonyl (C=O) groups is 1. The van der Waals surface area contributed by atoms with Crippen molar-refractivity contribution in [3.63, 3.8) is 0 Å². The quantitative estimate of drug-likeness (QED) is 0.796. The molecular formula is C16H25N7O. The minimum atomic E-state index is 0.145. The van der Waals surface area contributed by atoms with Gasteiger partial charge < -0.3 is 9.47 Å². The summed E-state index contributed by atoms with van der Waals surface area (Å²) >= 11 is 0. The van der Waals surface area contributed by atoms with Crippen molar-refractivity contribution < 1.29 is 4.79 Å². The fourth-order valence-corrected chi connectivity index (χ4v) is 2.93. The molecule has 0 aromatic carbocycles. The molecule has 0 fully saturated rings. The largest absolute Gasteiger partial charge is 0.334 e. The van der Waals surface area contributed by atoms with Crippen LogP contribution in [0.3, 0.4) is 0 Å². The van der Waals surface area contributed by atoms with Crippen LogP contribution in [0.15, 0.2) is 25.0 Å². The highest BCUT2D eigenvalue weighted by Gasteiger charge is 2.26. The van der Waals surface area contributed by atoms with Crippen molar-refractivity contribution in [3.8, 4) is 0 Å². The Hall–Kier alpha value is -2.22. The van der Waals surface area contributed by atoms with Gasteiger partial charge in [0.1, 0.15) is 18.5 Å². The molecule has 0 saturated carbocycles. The zero-order chi connectivity index (χ0) is 17.1. The highest BCUT2D eigenvalue weighted by atomic mass is 16.2. The Morgan fingerprint density at radius 2 is 2.25 bits per heavy atom. The summed E-state index contributed by atoms with van der Waals surface area (Å²) in [5.74, 6) is 1.36. The van der Waals surface area contributed by atoms with Crippen LogP contribution in [0.5, 0.6) is 0 Å². The second kappa shape index (κ2) is 7.12. The number of hydrogen-bond donors (Lipinski definition) is 0. The highest BCUT2D eigenvalue weighted by Crippen LogP contribution is 2.17. The molecular weight excluding hydrogens is 306 g/mol. The van der Waals surface area contributed by atoms with E-state index in [-0.39, 0.29) is 11.8 Å². The van der Waals surface area contributed by atoms with E-state index in [4.69, 9.17) is 0 Å². The Morgan fingerprint density at radius 1 is 1.42 bits per heavy atom. The van der Waals surface area contributed by atoms with E-state index in [1.165, 1.54) is 0 Å². The summed E-state index contributed by atoms with van der Waals surface area (Å²) in [4.78, 5) is 25.2. The van der Waals surface area contributed by atoms with Gasteiger partial charge in [-0.1, -0.05) is 0 Å². The van der Waals surface area contributed by atoms with Crippen LogP contribution in [0, 0.1) is 5.92 Å². The average molecular weight is 331 g/mol. The van der Waals surface area contributed by atoms with Gasteiger partial charge in [-0.3, -0.25) is 14.4 Å². The predicted octanol–water partition coefficient (Wildman–Crippen LogP) is 0.473. The van der Waals surface area contributed by atoms with Crippen LogP contribution in [-0.2, 0) is 24.4 Å². The molecule has 0 bridgehead atoms. The van der Waals surface area contributed by atoms with Crippen molar-refractivity contribution >= 4 is 5.91 Å². The third-order valence-electron chi connectivity index (χ3n) is 4.60. The number of fused-ring (bicyclic) bond motifs is 1. The molecule has 1 unspecified atom stereocenters. The maximum Gasteiger partial charge on any atom is 0.237 e. The number of nitrogens with zero attached hydrogens (tertiary/aromatic N) is 7. The second-order valence-corrected chi connectivity index (χ2v) is 6.76. The molecule has 2 aromatic rings. The van der Waals surface area contributed by atoms with Gasteiger partial charge in [-0.05, 0) is 20.9 Å². The average Bonchev–Trinajstić information content (AvgIpc) is 3.16. The van der Waals surface area contributed by atoms with Crippen molar-refractivity contribution in [1.29, 1.82) is 0 Å². The first-order valence-corrected chi connectivity index (χ1v) is 8.33. The van der Waals surface area contributed by atoms with E-state index in [1.807, 2.05) is 22.8 Å². The minimum Gasteiger partial charge on any atom is -0.334 e.